The average molecular weight is 234 g/mol. The molecule has 0 spiro atoms. The van der Waals surface area contributed by atoms with Crippen LogP contribution in [0.15, 0.2) is 28.9 Å². The highest BCUT2D eigenvalue weighted by molar-refractivity contribution is 5.88. The predicted octanol–water partition coefficient (Wildman–Crippen LogP) is 1.64. The molecule has 2 amide bonds. The van der Waals surface area contributed by atoms with Crippen LogP contribution in [-0.2, 0) is 13.6 Å². The number of rotatable bonds is 3. The van der Waals surface area contributed by atoms with Crippen LogP contribution in [0.25, 0.3) is 0 Å². The number of nitrogens with one attached hydrogen (secondary N) is 2. The molecule has 0 saturated carbocycles. The summed E-state index contributed by atoms with van der Waals surface area (Å²) in [7, 11) is 1.82. The molecular formula is C11H14N4O2. The summed E-state index contributed by atoms with van der Waals surface area (Å²) in [4.78, 5) is 11.5. The molecule has 2 heterocycles. The van der Waals surface area contributed by atoms with E-state index in [2.05, 4.69) is 15.7 Å². The van der Waals surface area contributed by atoms with E-state index < -0.39 is 0 Å². The van der Waals surface area contributed by atoms with Gasteiger partial charge in [-0.15, -0.1) is 0 Å². The van der Waals surface area contributed by atoms with Crippen LogP contribution in [0.1, 0.15) is 11.5 Å². The van der Waals surface area contributed by atoms with Gasteiger partial charge in [0.1, 0.15) is 5.76 Å². The molecule has 2 aromatic rings. The minimum absolute atomic E-state index is 0.306. The lowest BCUT2D eigenvalue weighted by atomic mass is 10.4. The molecule has 0 aliphatic heterocycles. The maximum atomic E-state index is 11.5. The van der Waals surface area contributed by atoms with Crippen LogP contribution in [-0.4, -0.2) is 15.8 Å². The third kappa shape index (κ3) is 2.87. The zero-order valence-corrected chi connectivity index (χ0v) is 9.73. The summed E-state index contributed by atoms with van der Waals surface area (Å²) in [5, 5.41) is 9.43. The van der Waals surface area contributed by atoms with Crippen molar-refractivity contribution < 1.29 is 9.21 Å². The quantitative estimate of drug-likeness (QED) is 0.848. The fourth-order valence-electron chi connectivity index (χ4n) is 1.36. The van der Waals surface area contributed by atoms with Gasteiger partial charge in [0.05, 0.1) is 12.8 Å². The van der Waals surface area contributed by atoms with Gasteiger partial charge in [-0.05, 0) is 19.1 Å². The molecule has 0 unspecified atom stereocenters. The fraction of sp³-hybridized carbons (Fsp3) is 0.273. The van der Waals surface area contributed by atoms with E-state index in [1.165, 1.54) is 0 Å². The number of carbonyl (C=O) groups is 1. The normalized spacial score (nSPS) is 10.2. The summed E-state index contributed by atoms with van der Waals surface area (Å²) in [6.07, 6.45) is 1.57. The largest absolute Gasteiger partial charge is 0.467 e. The van der Waals surface area contributed by atoms with E-state index in [0.29, 0.717) is 18.1 Å². The van der Waals surface area contributed by atoms with Crippen molar-refractivity contribution in [2.24, 2.45) is 7.05 Å². The minimum atomic E-state index is -0.306. The molecule has 17 heavy (non-hydrogen) atoms. The maximum absolute atomic E-state index is 11.5. The molecule has 0 atom stereocenters. The summed E-state index contributed by atoms with van der Waals surface area (Å²) in [6, 6.07) is 5.06. The van der Waals surface area contributed by atoms with Crippen LogP contribution in [0.4, 0.5) is 10.6 Å². The standard InChI is InChI=1S/C11H14N4O2/c1-8-6-10(14-15(8)2)13-11(16)12-7-9-4-3-5-17-9/h3-6H,7H2,1-2H3,(H2,12,13,14,16). The van der Waals surface area contributed by atoms with Crippen LogP contribution in [0, 0.1) is 6.92 Å². The van der Waals surface area contributed by atoms with E-state index in [9.17, 15) is 4.79 Å². The summed E-state index contributed by atoms with van der Waals surface area (Å²) in [6.45, 7) is 2.27. The second kappa shape index (κ2) is 4.73. The molecular weight excluding hydrogens is 220 g/mol. The van der Waals surface area contributed by atoms with Gasteiger partial charge in [-0.2, -0.15) is 5.10 Å². The Hall–Kier alpha value is -2.24. The molecule has 0 aromatic carbocycles. The third-order valence-electron chi connectivity index (χ3n) is 2.36. The molecule has 0 fully saturated rings. The van der Waals surface area contributed by atoms with Crippen LogP contribution in [0.3, 0.4) is 0 Å². The Bertz CT molecular complexity index is 482. The predicted molar refractivity (Wildman–Crippen MR) is 62.5 cm³/mol. The summed E-state index contributed by atoms with van der Waals surface area (Å²) < 4.78 is 6.79. The number of urea groups is 1. The summed E-state index contributed by atoms with van der Waals surface area (Å²) in [5.41, 5.74) is 0.978. The maximum Gasteiger partial charge on any atom is 0.320 e. The lowest BCUT2D eigenvalue weighted by Crippen LogP contribution is -2.28. The number of amides is 2. The molecule has 6 heteroatoms. The lowest BCUT2D eigenvalue weighted by Gasteiger charge is -2.03. The van der Waals surface area contributed by atoms with Crippen molar-refractivity contribution in [2.45, 2.75) is 13.5 Å². The number of aryl methyl sites for hydroxylation is 2. The van der Waals surface area contributed by atoms with E-state index >= 15 is 0 Å². The molecule has 2 N–H and O–H groups in total. The van der Waals surface area contributed by atoms with Crippen molar-refractivity contribution >= 4 is 11.8 Å². The van der Waals surface area contributed by atoms with Crippen molar-refractivity contribution in [3.05, 3.63) is 35.9 Å². The van der Waals surface area contributed by atoms with E-state index in [1.807, 2.05) is 14.0 Å². The van der Waals surface area contributed by atoms with E-state index in [0.717, 1.165) is 5.69 Å². The first-order valence-corrected chi connectivity index (χ1v) is 5.23. The molecule has 0 aliphatic carbocycles. The van der Waals surface area contributed by atoms with Gasteiger partial charge in [-0.25, -0.2) is 4.79 Å². The Morgan fingerprint density at radius 2 is 2.41 bits per heavy atom. The fourth-order valence-corrected chi connectivity index (χ4v) is 1.36. The SMILES string of the molecule is Cc1cc(NC(=O)NCc2ccco2)nn1C. The first-order valence-electron chi connectivity index (χ1n) is 5.23. The molecule has 0 saturated heterocycles. The topological polar surface area (TPSA) is 72.1 Å². The Morgan fingerprint density at radius 1 is 1.59 bits per heavy atom. The second-order valence-corrected chi connectivity index (χ2v) is 3.68. The highest BCUT2D eigenvalue weighted by Crippen LogP contribution is 2.06. The van der Waals surface area contributed by atoms with Gasteiger partial charge in [0, 0.05) is 18.8 Å². The Labute approximate surface area is 98.6 Å². The summed E-state index contributed by atoms with van der Waals surface area (Å²) >= 11 is 0. The molecule has 0 radical (unpaired) electrons. The van der Waals surface area contributed by atoms with Gasteiger partial charge in [0.25, 0.3) is 0 Å². The number of hydrogen-bond acceptors (Lipinski definition) is 3. The van der Waals surface area contributed by atoms with Crippen LogP contribution in [0.2, 0.25) is 0 Å². The van der Waals surface area contributed by atoms with Crippen LogP contribution >= 0.6 is 0 Å². The van der Waals surface area contributed by atoms with Gasteiger partial charge in [0.2, 0.25) is 0 Å². The van der Waals surface area contributed by atoms with E-state index in [4.69, 9.17) is 4.42 Å². The highest BCUT2D eigenvalue weighted by atomic mass is 16.3. The average Bonchev–Trinajstić information content (AvgIpc) is 2.87. The molecule has 6 nitrogen and oxygen atoms in total. The van der Waals surface area contributed by atoms with Gasteiger partial charge < -0.3 is 9.73 Å². The zero-order chi connectivity index (χ0) is 12.3. The lowest BCUT2D eigenvalue weighted by molar-refractivity contribution is 0.250. The van der Waals surface area contributed by atoms with Crippen LogP contribution in [0.5, 0.6) is 0 Å². The first-order chi connectivity index (χ1) is 8.15. The van der Waals surface area contributed by atoms with Crippen molar-refractivity contribution in [2.75, 3.05) is 5.32 Å². The Morgan fingerprint density at radius 3 is 3.00 bits per heavy atom. The smallest absolute Gasteiger partial charge is 0.320 e. The van der Waals surface area contributed by atoms with Gasteiger partial charge in [0.15, 0.2) is 5.82 Å². The Balaban J connectivity index is 1.85. The number of aromatic nitrogens is 2. The number of furan rings is 1. The number of hydrogen-bond donors (Lipinski definition) is 2. The second-order valence-electron chi connectivity index (χ2n) is 3.68. The highest BCUT2D eigenvalue weighted by Gasteiger charge is 2.06. The van der Waals surface area contributed by atoms with Crippen LogP contribution < -0.4 is 10.6 Å². The third-order valence-corrected chi connectivity index (χ3v) is 2.36. The summed E-state index contributed by atoms with van der Waals surface area (Å²) in [5.74, 6) is 1.24. The number of nitrogens with zero attached hydrogens (tertiary/aromatic N) is 2. The molecule has 2 aromatic heterocycles. The minimum Gasteiger partial charge on any atom is -0.467 e. The van der Waals surface area contributed by atoms with Crippen molar-refractivity contribution in [3.63, 3.8) is 0 Å². The van der Waals surface area contributed by atoms with Gasteiger partial charge in [-0.1, -0.05) is 0 Å². The van der Waals surface area contributed by atoms with E-state index in [-0.39, 0.29) is 6.03 Å². The Kier molecular flexibility index (Phi) is 3.13. The zero-order valence-electron chi connectivity index (χ0n) is 9.73. The van der Waals surface area contributed by atoms with Gasteiger partial charge >= 0.3 is 6.03 Å². The number of carbonyl (C=O) groups excluding carboxylic acids is 1. The molecule has 0 aliphatic rings. The van der Waals surface area contributed by atoms with Gasteiger partial charge in [-0.3, -0.25) is 10.00 Å². The van der Waals surface area contributed by atoms with Crippen molar-refractivity contribution in [1.29, 1.82) is 0 Å². The first kappa shape index (κ1) is 11.3. The monoisotopic (exact) mass is 234 g/mol. The van der Waals surface area contributed by atoms with Crippen molar-refractivity contribution in [1.82, 2.24) is 15.1 Å². The van der Waals surface area contributed by atoms with E-state index in [1.54, 1.807) is 29.1 Å². The van der Waals surface area contributed by atoms with Crippen molar-refractivity contribution in [3.8, 4) is 0 Å². The molecule has 2 rings (SSSR count). The molecule has 0 bridgehead atoms. The number of anilines is 1. The molecule has 90 valence electrons.